The van der Waals surface area contributed by atoms with Crippen LogP contribution in [-0.4, -0.2) is 29.8 Å². The first-order valence-electron chi connectivity index (χ1n) is 10.2. The highest BCUT2D eigenvalue weighted by atomic mass is 16.3. The van der Waals surface area contributed by atoms with Gasteiger partial charge in [-0.05, 0) is 72.4 Å². The fourth-order valence-corrected chi connectivity index (χ4v) is 4.31. The zero-order valence-electron chi connectivity index (χ0n) is 17.8. The normalized spacial score (nSPS) is 17.9. The summed E-state index contributed by atoms with van der Waals surface area (Å²) in [5.74, 6) is -0.0549. The van der Waals surface area contributed by atoms with Crippen molar-refractivity contribution < 1.29 is 9.90 Å². The number of phenolic OH excluding ortho intramolecular Hbond substituents is 1. The number of rotatable bonds is 3. The number of carbonyl (C=O) groups excluding carboxylic acids is 1. The first-order valence-corrected chi connectivity index (χ1v) is 10.2. The maximum Gasteiger partial charge on any atom is 0.275 e. The number of benzene rings is 3. The Hall–Kier alpha value is -3.34. The lowest BCUT2D eigenvalue weighted by atomic mass is 9.80. The highest BCUT2D eigenvalue weighted by Gasteiger charge is 2.33. The van der Waals surface area contributed by atoms with Gasteiger partial charge in [0.2, 0.25) is 0 Å². The molecule has 1 amide bonds. The molecule has 5 nitrogen and oxygen atoms in total. The third-order valence-electron chi connectivity index (χ3n) is 6.15. The third-order valence-corrected chi connectivity index (χ3v) is 6.15. The lowest BCUT2D eigenvalue weighted by molar-refractivity contribution is 0.0952. The van der Waals surface area contributed by atoms with Crippen molar-refractivity contribution in [3.63, 3.8) is 0 Å². The van der Waals surface area contributed by atoms with Crippen LogP contribution in [0.4, 0.5) is 5.69 Å². The minimum Gasteiger partial charge on any atom is -0.507 e. The summed E-state index contributed by atoms with van der Waals surface area (Å²) in [6.45, 7) is 6.78. The van der Waals surface area contributed by atoms with Crippen molar-refractivity contribution in [2.75, 3.05) is 11.9 Å². The highest BCUT2D eigenvalue weighted by Crippen LogP contribution is 2.42. The van der Waals surface area contributed by atoms with E-state index in [1.807, 2.05) is 30.3 Å². The molecule has 30 heavy (non-hydrogen) atoms. The SMILES string of the molecule is C[C@@H]1CC(C)(C)N(C)c2ccc(/C=N\NC(=O)c3cc4ccccc4cc3O)cc21. The Kier molecular flexibility index (Phi) is 4.98. The van der Waals surface area contributed by atoms with E-state index < -0.39 is 5.91 Å². The third kappa shape index (κ3) is 3.63. The topological polar surface area (TPSA) is 64.9 Å². The molecular formula is C25H27N3O2. The van der Waals surface area contributed by atoms with Crippen LogP contribution in [0.5, 0.6) is 5.75 Å². The van der Waals surface area contributed by atoms with E-state index in [1.54, 1.807) is 18.3 Å². The highest BCUT2D eigenvalue weighted by molar-refractivity contribution is 6.01. The van der Waals surface area contributed by atoms with Gasteiger partial charge in [-0.2, -0.15) is 5.10 Å². The molecule has 4 rings (SSSR count). The Morgan fingerprint density at radius 1 is 1.17 bits per heavy atom. The molecule has 3 aromatic rings. The number of hydrogen-bond donors (Lipinski definition) is 2. The zero-order valence-corrected chi connectivity index (χ0v) is 17.8. The summed E-state index contributed by atoms with van der Waals surface area (Å²) >= 11 is 0. The van der Waals surface area contributed by atoms with Gasteiger partial charge in [-0.3, -0.25) is 4.79 Å². The van der Waals surface area contributed by atoms with E-state index >= 15 is 0 Å². The largest absolute Gasteiger partial charge is 0.507 e. The molecule has 0 saturated carbocycles. The number of nitrogens with zero attached hydrogens (tertiary/aromatic N) is 2. The number of amides is 1. The van der Waals surface area contributed by atoms with Gasteiger partial charge in [0.15, 0.2) is 0 Å². The van der Waals surface area contributed by atoms with Crippen molar-refractivity contribution >= 4 is 28.6 Å². The Bertz CT molecular complexity index is 1150. The summed E-state index contributed by atoms with van der Waals surface area (Å²) in [5.41, 5.74) is 6.31. The van der Waals surface area contributed by atoms with E-state index in [0.717, 1.165) is 22.8 Å². The summed E-state index contributed by atoms with van der Waals surface area (Å²) in [6.07, 6.45) is 2.72. The summed E-state index contributed by atoms with van der Waals surface area (Å²) in [7, 11) is 2.13. The first-order chi connectivity index (χ1) is 14.3. The summed E-state index contributed by atoms with van der Waals surface area (Å²) in [4.78, 5) is 14.8. The van der Waals surface area contributed by atoms with Crippen molar-refractivity contribution in [3.8, 4) is 5.75 Å². The fraction of sp³-hybridized carbons (Fsp3) is 0.280. The Morgan fingerprint density at radius 3 is 2.60 bits per heavy atom. The van der Waals surface area contributed by atoms with Gasteiger partial charge >= 0.3 is 0 Å². The predicted molar refractivity (Wildman–Crippen MR) is 123 cm³/mol. The lowest BCUT2D eigenvalue weighted by Gasteiger charge is -2.45. The Morgan fingerprint density at radius 2 is 1.87 bits per heavy atom. The standard InChI is InChI=1S/C25H27N3O2/c1-16-14-25(2,3)28(4)22-10-9-17(11-20(16)22)15-26-27-24(30)21-12-18-7-5-6-8-19(18)13-23(21)29/h5-13,15-16,29H,14H2,1-4H3,(H,27,30)/b26-15-/t16-/m1/s1. The number of fused-ring (bicyclic) bond motifs is 2. The van der Waals surface area contributed by atoms with Crippen LogP contribution in [0.1, 0.15) is 54.6 Å². The average molecular weight is 402 g/mol. The van der Waals surface area contributed by atoms with Crippen molar-refractivity contribution in [1.29, 1.82) is 0 Å². The molecule has 1 aliphatic rings. The summed E-state index contributed by atoms with van der Waals surface area (Å²) in [5, 5.41) is 16.1. The second kappa shape index (κ2) is 7.48. The van der Waals surface area contributed by atoms with Crippen LogP contribution in [-0.2, 0) is 0 Å². The van der Waals surface area contributed by atoms with Crippen LogP contribution in [0, 0.1) is 0 Å². The van der Waals surface area contributed by atoms with Crippen LogP contribution in [0.25, 0.3) is 10.8 Å². The second-order valence-electron chi connectivity index (χ2n) is 8.71. The van der Waals surface area contributed by atoms with E-state index in [2.05, 4.69) is 55.4 Å². The van der Waals surface area contributed by atoms with Crippen molar-refractivity contribution in [2.24, 2.45) is 5.10 Å². The minimum absolute atomic E-state index is 0.0605. The first kappa shape index (κ1) is 20.0. The van der Waals surface area contributed by atoms with Gasteiger partial charge in [-0.1, -0.05) is 37.3 Å². The molecule has 0 aliphatic carbocycles. The maximum atomic E-state index is 12.5. The molecule has 0 bridgehead atoms. The molecule has 154 valence electrons. The Labute approximate surface area is 177 Å². The molecule has 0 fully saturated rings. The molecule has 2 N–H and O–H groups in total. The lowest BCUT2D eigenvalue weighted by Crippen LogP contribution is -2.45. The van der Waals surface area contributed by atoms with Gasteiger partial charge in [0, 0.05) is 18.3 Å². The van der Waals surface area contributed by atoms with Crippen LogP contribution in [0.15, 0.2) is 59.7 Å². The smallest absolute Gasteiger partial charge is 0.275 e. The second-order valence-corrected chi connectivity index (χ2v) is 8.71. The molecule has 1 atom stereocenters. The molecule has 1 aliphatic heterocycles. The zero-order chi connectivity index (χ0) is 21.5. The fourth-order valence-electron chi connectivity index (χ4n) is 4.31. The van der Waals surface area contributed by atoms with E-state index in [0.29, 0.717) is 5.92 Å². The maximum absolute atomic E-state index is 12.5. The van der Waals surface area contributed by atoms with Crippen molar-refractivity contribution in [3.05, 3.63) is 71.3 Å². The van der Waals surface area contributed by atoms with E-state index in [1.165, 1.54) is 11.3 Å². The number of aromatic hydroxyl groups is 1. The van der Waals surface area contributed by atoms with Crippen molar-refractivity contribution in [1.82, 2.24) is 5.43 Å². The summed E-state index contributed by atoms with van der Waals surface area (Å²) in [6, 6.07) is 17.1. The van der Waals surface area contributed by atoms with Crippen LogP contribution in [0.2, 0.25) is 0 Å². The van der Waals surface area contributed by atoms with E-state index in [9.17, 15) is 9.90 Å². The average Bonchev–Trinajstić information content (AvgIpc) is 2.71. The summed E-state index contributed by atoms with van der Waals surface area (Å²) < 4.78 is 0. The Balaban J connectivity index is 1.52. The molecule has 0 aromatic heterocycles. The molecule has 0 saturated heterocycles. The molecule has 0 spiro atoms. The van der Waals surface area contributed by atoms with Crippen molar-refractivity contribution in [2.45, 2.75) is 38.6 Å². The van der Waals surface area contributed by atoms with Gasteiger partial charge in [0.1, 0.15) is 5.75 Å². The molecular weight excluding hydrogens is 374 g/mol. The molecule has 3 aromatic carbocycles. The van der Waals surface area contributed by atoms with Gasteiger partial charge in [-0.15, -0.1) is 0 Å². The molecule has 0 radical (unpaired) electrons. The molecule has 5 heteroatoms. The molecule has 0 unspecified atom stereocenters. The van der Waals surface area contributed by atoms with E-state index in [4.69, 9.17) is 0 Å². The number of hydrazone groups is 1. The quantitative estimate of drug-likeness (QED) is 0.478. The number of hydrogen-bond acceptors (Lipinski definition) is 4. The monoisotopic (exact) mass is 401 g/mol. The van der Waals surface area contributed by atoms with Crippen LogP contribution >= 0.6 is 0 Å². The van der Waals surface area contributed by atoms with Gasteiger partial charge in [-0.25, -0.2) is 5.43 Å². The number of anilines is 1. The van der Waals surface area contributed by atoms with Crippen LogP contribution < -0.4 is 10.3 Å². The van der Waals surface area contributed by atoms with Gasteiger partial charge in [0.05, 0.1) is 11.8 Å². The van der Waals surface area contributed by atoms with Gasteiger partial charge in [0.25, 0.3) is 5.91 Å². The number of carbonyl (C=O) groups is 1. The number of nitrogens with one attached hydrogen (secondary N) is 1. The van der Waals surface area contributed by atoms with Gasteiger partial charge < -0.3 is 10.0 Å². The van der Waals surface area contributed by atoms with Crippen LogP contribution in [0.3, 0.4) is 0 Å². The molecule has 1 heterocycles. The van der Waals surface area contributed by atoms with E-state index in [-0.39, 0.29) is 16.9 Å². The predicted octanol–water partition coefficient (Wildman–Crippen LogP) is 5.03. The number of phenols is 1. The minimum atomic E-state index is -0.442.